The Balaban J connectivity index is 1.17. The van der Waals surface area contributed by atoms with Crippen LogP contribution in [0.15, 0.2) is 56.5 Å². The van der Waals surface area contributed by atoms with Gasteiger partial charge in [-0.1, -0.05) is 6.07 Å². The number of furan rings is 1. The lowest BCUT2D eigenvalue weighted by Gasteiger charge is -2.06. The second kappa shape index (κ2) is 8.47. The molecule has 0 fully saturated rings. The molecule has 31 heavy (non-hydrogen) atoms. The predicted octanol–water partition coefficient (Wildman–Crippen LogP) is 4.60. The van der Waals surface area contributed by atoms with Gasteiger partial charge in [0, 0.05) is 10.0 Å². The summed E-state index contributed by atoms with van der Waals surface area (Å²) in [7, 11) is 0. The van der Waals surface area contributed by atoms with Gasteiger partial charge in [0.1, 0.15) is 18.1 Å². The Kier molecular flexibility index (Phi) is 5.38. The zero-order valence-corrected chi connectivity index (χ0v) is 18.1. The first-order valence-corrected chi connectivity index (χ1v) is 10.7. The number of ether oxygens (including phenoxy) is 3. The Morgan fingerprint density at radius 2 is 1.94 bits per heavy atom. The molecule has 1 N–H and O–H groups in total. The zero-order valence-electron chi connectivity index (χ0n) is 16.5. The number of hydrogen-bond acceptors (Lipinski definition) is 6. The van der Waals surface area contributed by atoms with E-state index in [4.69, 9.17) is 18.6 Å². The Morgan fingerprint density at radius 1 is 1.10 bits per heavy atom. The summed E-state index contributed by atoms with van der Waals surface area (Å²) in [5.41, 5.74) is 5.96. The summed E-state index contributed by atoms with van der Waals surface area (Å²) in [6, 6.07) is 13.1. The van der Waals surface area contributed by atoms with E-state index in [1.807, 2.05) is 6.07 Å². The standard InChI is InChI=1S/C23H19BrN2O5/c24-19-10-22-21(29-13-30-22)9-16(19)11-25-26-23(27)20-7-6-18(31-20)12-28-17-5-4-14-2-1-3-15(14)8-17/h4-11H,1-3,12-13H2,(H,26,27)/b25-11-. The number of rotatable bonds is 6. The molecule has 7 nitrogen and oxygen atoms in total. The minimum Gasteiger partial charge on any atom is -0.486 e. The Bertz CT molecular complexity index is 1170. The number of benzene rings is 2. The largest absolute Gasteiger partial charge is 0.486 e. The summed E-state index contributed by atoms with van der Waals surface area (Å²) in [5.74, 6) is 2.38. The molecule has 5 rings (SSSR count). The average Bonchev–Trinajstić information content (AvgIpc) is 3.52. The molecule has 0 atom stereocenters. The van der Waals surface area contributed by atoms with Crippen LogP contribution in [-0.4, -0.2) is 18.9 Å². The molecule has 2 aliphatic rings. The number of fused-ring (bicyclic) bond motifs is 2. The average molecular weight is 483 g/mol. The van der Waals surface area contributed by atoms with Gasteiger partial charge in [0.25, 0.3) is 0 Å². The molecule has 0 radical (unpaired) electrons. The van der Waals surface area contributed by atoms with Crippen molar-refractivity contribution in [2.45, 2.75) is 25.9 Å². The molecule has 0 saturated heterocycles. The highest BCUT2D eigenvalue weighted by Gasteiger charge is 2.16. The van der Waals surface area contributed by atoms with E-state index in [0.29, 0.717) is 17.3 Å². The molecule has 2 heterocycles. The molecule has 1 aliphatic heterocycles. The van der Waals surface area contributed by atoms with Crippen LogP contribution in [0.25, 0.3) is 0 Å². The van der Waals surface area contributed by atoms with Crippen molar-refractivity contribution in [3.05, 3.63) is 75.1 Å². The number of hydrazone groups is 1. The third-order valence-electron chi connectivity index (χ3n) is 5.20. The highest BCUT2D eigenvalue weighted by Crippen LogP contribution is 2.36. The molecule has 1 amide bonds. The van der Waals surface area contributed by atoms with Crippen LogP contribution in [-0.2, 0) is 19.4 Å². The van der Waals surface area contributed by atoms with E-state index in [9.17, 15) is 4.79 Å². The second-order valence-corrected chi connectivity index (χ2v) is 8.12. The minimum atomic E-state index is -0.447. The quantitative estimate of drug-likeness (QED) is 0.410. The highest BCUT2D eigenvalue weighted by atomic mass is 79.9. The van der Waals surface area contributed by atoms with Gasteiger partial charge < -0.3 is 18.6 Å². The minimum absolute atomic E-state index is 0.162. The van der Waals surface area contributed by atoms with Crippen LogP contribution in [0.2, 0.25) is 0 Å². The summed E-state index contributed by atoms with van der Waals surface area (Å²) in [5, 5.41) is 4.00. The van der Waals surface area contributed by atoms with Gasteiger partial charge in [-0.2, -0.15) is 5.10 Å². The van der Waals surface area contributed by atoms with Crippen LogP contribution < -0.4 is 19.6 Å². The molecule has 0 saturated carbocycles. The van der Waals surface area contributed by atoms with Crippen molar-refractivity contribution in [2.24, 2.45) is 5.10 Å². The molecular weight excluding hydrogens is 464 g/mol. The summed E-state index contributed by atoms with van der Waals surface area (Å²) in [4.78, 5) is 12.3. The van der Waals surface area contributed by atoms with E-state index in [-0.39, 0.29) is 19.2 Å². The van der Waals surface area contributed by atoms with E-state index in [1.165, 1.54) is 23.8 Å². The zero-order chi connectivity index (χ0) is 21.2. The first-order valence-electron chi connectivity index (χ1n) is 9.91. The summed E-state index contributed by atoms with van der Waals surface area (Å²) < 4.78 is 22.9. The van der Waals surface area contributed by atoms with Gasteiger partial charge in [-0.15, -0.1) is 0 Å². The lowest BCUT2D eigenvalue weighted by Crippen LogP contribution is -2.16. The van der Waals surface area contributed by atoms with Crippen LogP contribution in [0, 0.1) is 0 Å². The van der Waals surface area contributed by atoms with Crippen molar-refractivity contribution in [3.8, 4) is 17.2 Å². The smallest absolute Gasteiger partial charge is 0.307 e. The van der Waals surface area contributed by atoms with E-state index in [0.717, 1.165) is 28.6 Å². The number of aryl methyl sites for hydroxylation is 2. The van der Waals surface area contributed by atoms with Crippen LogP contribution in [0.5, 0.6) is 17.2 Å². The number of carbonyl (C=O) groups is 1. The van der Waals surface area contributed by atoms with Gasteiger partial charge in [-0.3, -0.25) is 4.79 Å². The Hall–Kier alpha value is -3.26. The molecule has 0 bridgehead atoms. The van der Waals surface area contributed by atoms with Crippen molar-refractivity contribution >= 4 is 28.1 Å². The lowest BCUT2D eigenvalue weighted by molar-refractivity contribution is 0.0923. The molecule has 2 aromatic carbocycles. The normalized spacial score (nSPS) is 14.1. The van der Waals surface area contributed by atoms with Gasteiger partial charge in [0.2, 0.25) is 6.79 Å². The molecule has 1 aliphatic carbocycles. The maximum Gasteiger partial charge on any atom is 0.307 e. The van der Waals surface area contributed by atoms with Gasteiger partial charge in [0.05, 0.1) is 6.21 Å². The van der Waals surface area contributed by atoms with Crippen LogP contribution in [0.4, 0.5) is 0 Å². The maximum absolute atomic E-state index is 12.3. The van der Waals surface area contributed by atoms with E-state index < -0.39 is 5.91 Å². The molecule has 0 unspecified atom stereocenters. The number of nitrogens with one attached hydrogen (secondary N) is 1. The van der Waals surface area contributed by atoms with Crippen molar-refractivity contribution in [1.82, 2.24) is 5.43 Å². The van der Waals surface area contributed by atoms with E-state index >= 15 is 0 Å². The third-order valence-corrected chi connectivity index (χ3v) is 5.88. The summed E-state index contributed by atoms with van der Waals surface area (Å²) in [6.45, 7) is 0.440. The lowest BCUT2D eigenvalue weighted by atomic mass is 10.1. The summed E-state index contributed by atoms with van der Waals surface area (Å²) >= 11 is 3.45. The fourth-order valence-electron chi connectivity index (χ4n) is 3.62. The van der Waals surface area contributed by atoms with Crippen molar-refractivity contribution < 1.29 is 23.4 Å². The van der Waals surface area contributed by atoms with Crippen LogP contribution >= 0.6 is 15.9 Å². The molecule has 0 spiro atoms. The van der Waals surface area contributed by atoms with Gasteiger partial charge >= 0.3 is 5.91 Å². The van der Waals surface area contributed by atoms with Crippen LogP contribution in [0.1, 0.15) is 39.4 Å². The van der Waals surface area contributed by atoms with E-state index in [1.54, 1.807) is 24.3 Å². The first kappa shape index (κ1) is 19.7. The molecule has 158 valence electrons. The molecule has 1 aromatic heterocycles. The number of nitrogens with zero attached hydrogens (tertiary/aromatic N) is 1. The first-order chi connectivity index (χ1) is 15.2. The van der Waals surface area contributed by atoms with Crippen molar-refractivity contribution in [1.29, 1.82) is 0 Å². The van der Waals surface area contributed by atoms with Gasteiger partial charge in [-0.05, 0) is 82.7 Å². The Labute approximate surface area is 187 Å². The number of carbonyl (C=O) groups excluding carboxylic acids is 1. The topological polar surface area (TPSA) is 82.3 Å². The molecule has 8 heteroatoms. The highest BCUT2D eigenvalue weighted by molar-refractivity contribution is 9.10. The number of hydrogen-bond donors (Lipinski definition) is 1. The van der Waals surface area contributed by atoms with Gasteiger partial charge in [-0.25, -0.2) is 5.43 Å². The fourth-order valence-corrected chi connectivity index (χ4v) is 4.04. The third kappa shape index (κ3) is 4.29. The SMILES string of the molecule is O=C(N/N=C\c1cc2c(cc1Br)OCO2)c1ccc(COc2ccc3c(c2)CCC3)o1. The Morgan fingerprint density at radius 3 is 2.84 bits per heavy atom. The predicted molar refractivity (Wildman–Crippen MR) is 117 cm³/mol. The van der Waals surface area contributed by atoms with E-state index in [2.05, 4.69) is 38.6 Å². The van der Waals surface area contributed by atoms with Crippen LogP contribution in [0.3, 0.4) is 0 Å². The second-order valence-electron chi connectivity index (χ2n) is 7.26. The number of amides is 1. The monoisotopic (exact) mass is 482 g/mol. The molecular formula is C23H19BrN2O5. The molecule has 3 aromatic rings. The van der Waals surface area contributed by atoms with Crippen molar-refractivity contribution in [2.75, 3.05) is 6.79 Å². The van der Waals surface area contributed by atoms with Gasteiger partial charge in [0.15, 0.2) is 17.3 Å². The number of halogens is 1. The fraction of sp³-hybridized carbons (Fsp3) is 0.217. The summed E-state index contributed by atoms with van der Waals surface area (Å²) in [6.07, 6.45) is 4.95. The van der Waals surface area contributed by atoms with Crippen molar-refractivity contribution in [3.63, 3.8) is 0 Å². The maximum atomic E-state index is 12.3.